The lowest BCUT2D eigenvalue weighted by atomic mass is 10.3. The molecule has 2 aromatic rings. The minimum atomic E-state index is -3.37. The van der Waals surface area contributed by atoms with Gasteiger partial charge in [0, 0.05) is 16.8 Å². The molecular formula is C13H13NO2S2. The Hall–Kier alpha value is -1.17. The fourth-order valence-corrected chi connectivity index (χ4v) is 4.23. The second-order valence-corrected chi connectivity index (χ2v) is 7.09. The summed E-state index contributed by atoms with van der Waals surface area (Å²) in [5.74, 6) is 0.350. The summed E-state index contributed by atoms with van der Waals surface area (Å²) in [6.07, 6.45) is 0.895. The van der Waals surface area contributed by atoms with Crippen LogP contribution in [0.2, 0.25) is 0 Å². The molecule has 1 saturated carbocycles. The Morgan fingerprint density at radius 1 is 1.11 bits per heavy atom. The van der Waals surface area contributed by atoms with Gasteiger partial charge in [-0.25, -0.2) is 13.1 Å². The van der Waals surface area contributed by atoms with Gasteiger partial charge >= 0.3 is 0 Å². The van der Waals surface area contributed by atoms with Gasteiger partial charge in [0.1, 0.15) is 0 Å². The lowest BCUT2D eigenvalue weighted by molar-refractivity contribution is 0.580. The largest absolute Gasteiger partial charge is 0.240 e. The average molecular weight is 279 g/mol. The van der Waals surface area contributed by atoms with Crippen molar-refractivity contribution in [3.05, 3.63) is 52.7 Å². The van der Waals surface area contributed by atoms with Crippen LogP contribution in [0, 0.1) is 0 Å². The Morgan fingerprint density at radius 2 is 1.89 bits per heavy atom. The van der Waals surface area contributed by atoms with E-state index < -0.39 is 10.0 Å². The molecule has 0 amide bonds. The molecule has 1 aromatic heterocycles. The number of rotatable bonds is 4. The van der Waals surface area contributed by atoms with E-state index in [-0.39, 0.29) is 6.04 Å². The summed E-state index contributed by atoms with van der Waals surface area (Å²) in [5.41, 5.74) is 0. The number of hydrogen-bond acceptors (Lipinski definition) is 3. The zero-order chi connectivity index (χ0) is 12.6. The maximum absolute atomic E-state index is 12.1. The molecule has 1 fully saturated rings. The summed E-state index contributed by atoms with van der Waals surface area (Å²) in [7, 11) is -3.37. The Balaban J connectivity index is 1.72. The molecule has 0 saturated heterocycles. The molecule has 2 unspecified atom stereocenters. The van der Waals surface area contributed by atoms with E-state index in [0.29, 0.717) is 10.8 Å². The third-order valence-electron chi connectivity index (χ3n) is 3.06. The molecule has 1 aliphatic carbocycles. The van der Waals surface area contributed by atoms with Crippen LogP contribution in [0.4, 0.5) is 0 Å². The Bertz CT molecular complexity index is 620. The average Bonchev–Trinajstić information content (AvgIpc) is 2.92. The van der Waals surface area contributed by atoms with E-state index in [1.807, 2.05) is 17.5 Å². The second-order valence-electron chi connectivity index (χ2n) is 4.40. The van der Waals surface area contributed by atoms with Crippen molar-refractivity contribution in [2.45, 2.75) is 23.3 Å². The third kappa shape index (κ3) is 2.34. The first-order chi connectivity index (χ1) is 8.67. The predicted octanol–water partition coefficient (Wildman–Crippen LogP) is 2.58. The molecule has 0 bridgehead atoms. The van der Waals surface area contributed by atoms with Crippen LogP contribution in [0.3, 0.4) is 0 Å². The van der Waals surface area contributed by atoms with Crippen LogP contribution >= 0.6 is 11.3 Å². The van der Waals surface area contributed by atoms with Gasteiger partial charge in [0.05, 0.1) is 4.90 Å². The maximum atomic E-state index is 12.1. The summed E-state index contributed by atoms with van der Waals surface area (Å²) < 4.78 is 26.9. The first-order valence-electron chi connectivity index (χ1n) is 5.77. The standard InChI is InChI=1S/C13H13NO2S2/c15-18(16,10-5-2-1-3-6-10)14-12-9-11(12)13-7-4-8-17-13/h1-8,11-12,14H,9H2. The van der Waals surface area contributed by atoms with Crippen molar-refractivity contribution in [3.8, 4) is 0 Å². The highest BCUT2D eigenvalue weighted by Crippen LogP contribution is 2.43. The van der Waals surface area contributed by atoms with Crippen molar-refractivity contribution in [1.29, 1.82) is 0 Å². The highest BCUT2D eigenvalue weighted by atomic mass is 32.2. The molecular weight excluding hydrogens is 266 g/mol. The first kappa shape index (κ1) is 11.9. The zero-order valence-electron chi connectivity index (χ0n) is 9.61. The van der Waals surface area contributed by atoms with Gasteiger partial charge in [-0.2, -0.15) is 0 Å². The van der Waals surface area contributed by atoms with Gasteiger partial charge in [0.2, 0.25) is 10.0 Å². The molecule has 0 spiro atoms. The van der Waals surface area contributed by atoms with E-state index in [1.165, 1.54) is 4.88 Å². The van der Waals surface area contributed by atoms with E-state index in [4.69, 9.17) is 0 Å². The minimum Gasteiger partial charge on any atom is -0.207 e. The first-order valence-corrected chi connectivity index (χ1v) is 8.14. The van der Waals surface area contributed by atoms with Crippen LogP contribution in [0.15, 0.2) is 52.7 Å². The molecule has 1 heterocycles. The minimum absolute atomic E-state index is 0.0499. The van der Waals surface area contributed by atoms with E-state index in [0.717, 1.165) is 6.42 Å². The Kier molecular flexibility index (Phi) is 2.97. The van der Waals surface area contributed by atoms with Gasteiger partial charge < -0.3 is 0 Å². The lowest BCUT2D eigenvalue weighted by Crippen LogP contribution is -2.26. The molecule has 0 radical (unpaired) electrons. The summed E-state index contributed by atoms with van der Waals surface area (Å²) in [6.45, 7) is 0. The lowest BCUT2D eigenvalue weighted by Gasteiger charge is -2.05. The van der Waals surface area contributed by atoms with Gasteiger partial charge in [0.15, 0.2) is 0 Å². The van der Waals surface area contributed by atoms with Gasteiger partial charge in [0.25, 0.3) is 0 Å². The van der Waals surface area contributed by atoms with Crippen molar-refractivity contribution in [2.75, 3.05) is 0 Å². The van der Waals surface area contributed by atoms with Crippen LogP contribution in [-0.2, 0) is 10.0 Å². The monoisotopic (exact) mass is 279 g/mol. The van der Waals surface area contributed by atoms with Gasteiger partial charge in [-0.15, -0.1) is 11.3 Å². The molecule has 5 heteroatoms. The normalized spacial score (nSPS) is 22.9. The molecule has 1 aromatic carbocycles. The molecule has 18 heavy (non-hydrogen) atoms. The number of sulfonamides is 1. The van der Waals surface area contributed by atoms with E-state index in [9.17, 15) is 8.42 Å². The topological polar surface area (TPSA) is 46.2 Å². The van der Waals surface area contributed by atoms with Crippen molar-refractivity contribution in [1.82, 2.24) is 4.72 Å². The van der Waals surface area contributed by atoms with Gasteiger partial charge in [-0.1, -0.05) is 24.3 Å². The molecule has 94 valence electrons. The molecule has 3 rings (SSSR count). The summed E-state index contributed by atoms with van der Waals surface area (Å²) in [6, 6.07) is 12.6. The summed E-state index contributed by atoms with van der Waals surface area (Å²) >= 11 is 1.68. The number of hydrogen-bond donors (Lipinski definition) is 1. The highest BCUT2D eigenvalue weighted by Gasteiger charge is 2.41. The van der Waals surface area contributed by atoms with E-state index in [1.54, 1.807) is 35.6 Å². The highest BCUT2D eigenvalue weighted by molar-refractivity contribution is 7.89. The molecule has 0 aliphatic heterocycles. The van der Waals surface area contributed by atoms with Crippen LogP contribution in [0.1, 0.15) is 17.2 Å². The fourth-order valence-electron chi connectivity index (χ4n) is 2.01. The number of thiophene rings is 1. The zero-order valence-corrected chi connectivity index (χ0v) is 11.2. The second kappa shape index (κ2) is 4.50. The number of benzene rings is 1. The molecule has 1 aliphatic rings. The van der Waals surface area contributed by atoms with Crippen molar-refractivity contribution in [3.63, 3.8) is 0 Å². The Morgan fingerprint density at radius 3 is 2.56 bits per heavy atom. The SMILES string of the molecule is O=S(=O)(NC1CC1c1cccs1)c1ccccc1. The van der Waals surface area contributed by atoms with Crippen molar-refractivity contribution < 1.29 is 8.42 Å². The maximum Gasteiger partial charge on any atom is 0.240 e. The van der Waals surface area contributed by atoms with Crippen LogP contribution in [-0.4, -0.2) is 14.5 Å². The molecule has 2 atom stereocenters. The summed E-state index contributed by atoms with van der Waals surface area (Å²) in [4.78, 5) is 1.59. The van der Waals surface area contributed by atoms with E-state index in [2.05, 4.69) is 10.8 Å². The van der Waals surface area contributed by atoms with E-state index >= 15 is 0 Å². The Labute approximate surface area is 111 Å². The van der Waals surface area contributed by atoms with Crippen LogP contribution in [0.5, 0.6) is 0 Å². The summed E-state index contributed by atoms with van der Waals surface area (Å²) in [5, 5.41) is 2.02. The number of nitrogens with one attached hydrogen (secondary N) is 1. The fraction of sp³-hybridized carbons (Fsp3) is 0.231. The van der Waals surface area contributed by atoms with Crippen LogP contribution < -0.4 is 4.72 Å². The van der Waals surface area contributed by atoms with Crippen molar-refractivity contribution in [2.24, 2.45) is 0 Å². The molecule has 1 N–H and O–H groups in total. The molecule has 3 nitrogen and oxygen atoms in total. The van der Waals surface area contributed by atoms with Gasteiger partial charge in [-0.05, 0) is 30.0 Å². The smallest absolute Gasteiger partial charge is 0.207 e. The van der Waals surface area contributed by atoms with Gasteiger partial charge in [-0.3, -0.25) is 0 Å². The van der Waals surface area contributed by atoms with Crippen LogP contribution in [0.25, 0.3) is 0 Å². The quantitative estimate of drug-likeness (QED) is 0.935. The van der Waals surface area contributed by atoms with Crippen molar-refractivity contribution >= 4 is 21.4 Å². The predicted molar refractivity (Wildman–Crippen MR) is 72.2 cm³/mol. The third-order valence-corrected chi connectivity index (χ3v) is 5.57.